The second kappa shape index (κ2) is 14.8. The molecule has 0 aromatic heterocycles. The van der Waals surface area contributed by atoms with Gasteiger partial charge in [0, 0.05) is 18.2 Å². The Morgan fingerprint density at radius 2 is 1.71 bits per heavy atom. The maximum absolute atomic E-state index is 14.2. The molecule has 2 N–H and O–H groups in total. The maximum atomic E-state index is 14.2. The number of nitrogens with one attached hydrogen (secondary N) is 2. The monoisotopic (exact) mass is 525 g/mol. The lowest BCUT2D eigenvalue weighted by Gasteiger charge is -2.36. The lowest BCUT2D eigenvalue weighted by atomic mass is 9.94. The van der Waals surface area contributed by atoms with E-state index in [2.05, 4.69) is 23.5 Å². The van der Waals surface area contributed by atoms with Crippen molar-refractivity contribution in [1.82, 2.24) is 15.5 Å². The van der Waals surface area contributed by atoms with Crippen LogP contribution in [-0.4, -0.2) is 47.0 Å². The number of alkyl carbamates (subject to hydrolysis) is 1. The van der Waals surface area contributed by atoms with Crippen molar-refractivity contribution in [1.29, 1.82) is 0 Å². The van der Waals surface area contributed by atoms with Gasteiger partial charge in [-0.2, -0.15) is 0 Å². The second-order valence-corrected chi connectivity index (χ2v) is 11.6. The highest BCUT2D eigenvalue weighted by molar-refractivity contribution is 5.92. The van der Waals surface area contributed by atoms with Crippen LogP contribution >= 0.6 is 0 Å². The summed E-state index contributed by atoms with van der Waals surface area (Å²) in [5, 5.41) is 6.00. The first kappa shape index (κ1) is 31.2. The van der Waals surface area contributed by atoms with E-state index >= 15 is 0 Å². The molecule has 0 radical (unpaired) electrons. The number of unbranched alkanes of at least 4 members (excludes halogenated alkanes) is 2. The first-order valence-corrected chi connectivity index (χ1v) is 14.1. The van der Waals surface area contributed by atoms with Crippen molar-refractivity contribution in [2.75, 3.05) is 6.54 Å². The molecule has 3 amide bonds. The average Bonchev–Trinajstić information content (AvgIpc) is 2.86. The van der Waals surface area contributed by atoms with Crippen LogP contribution in [0.15, 0.2) is 24.3 Å². The largest absolute Gasteiger partial charge is 0.444 e. The molecule has 1 aliphatic carbocycles. The summed E-state index contributed by atoms with van der Waals surface area (Å²) in [6.07, 6.45) is 12.8. The standard InChI is InChI=1S/C31H47N3O4/c1-8-10-14-21-34(29(36)26(22(3)4)33-30(37)38-31(5,6)7)27(24-19-17-23(9-2)18-20-24)28(35)32-25-15-12-11-13-16-25/h2,17-20,22,25-27H,8,10-16,21H2,1,3-7H3,(H,32,35)(H,33,37). The Labute approximate surface area is 229 Å². The quantitative estimate of drug-likeness (QED) is 0.285. The summed E-state index contributed by atoms with van der Waals surface area (Å²) in [6, 6.07) is 5.65. The van der Waals surface area contributed by atoms with Gasteiger partial charge in [-0.15, -0.1) is 6.42 Å². The van der Waals surface area contributed by atoms with Crippen molar-refractivity contribution in [2.24, 2.45) is 5.92 Å². The van der Waals surface area contributed by atoms with Crippen molar-refractivity contribution in [3.05, 3.63) is 35.4 Å². The van der Waals surface area contributed by atoms with E-state index in [4.69, 9.17) is 11.2 Å². The second-order valence-electron chi connectivity index (χ2n) is 11.6. The molecule has 2 atom stereocenters. The van der Waals surface area contributed by atoms with Crippen LogP contribution in [-0.2, 0) is 14.3 Å². The third kappa shape index (κ3) is 9.70. The average molecular weight is 526 g/mol. The van der Waals surface area contributed by atoms with Crippen molar-refractivity contribution in [3.63, 3.8) is 0 Å². The third-order valence-electron chi connectivity index (χ3n) is 6.80. The fourth-order valence-corrected chi connectivity index (χ4v) is 4.79. The Kier molecular flexibility index (Phi) is 12.2. The first-order chi connectivity index (χ1) is 18.0. The minimum atomic E-state index is -0.846. The number of carbonyl (C=O) groups is 3. The number of ether oxygens (including phenoxy) is 1. The van der Waals surface area contributed by atoms with Crippen LogP contribution in [0.3, 0.4) is 0 Å². The van der Waals surface area contributed by atoms with E-state index in [-0.39, 0.29) is 23.8 Å². The fraction of sp³-hybridized carbons (Fsp3) is 0.645. The molecular formula is C31H47N3O4. The Morgan fingerprint density at radius 3 is 2.24 bits per heavy atom. The highest BCUT2D eigenvalue weighted by Crippen LogP contribution is 2.27. The van der Waals surface area contributed by atoms with Gasteiger partial charge in [0.1, 0.15) is 17.7 Å². The van der Waals surface area contributed by atoms with E-state index in [1.54, 1.807) is 37.8 Å². The summed E-state index contributed by atoms with van der Waals surface area (Å²) in [5.74, 6) is 1.90. The number of hydrogen-bond donors (Lipinski definition) is 2. The molecule has 210 valence electrons. The predicted molar refractivity (Wildman–Crippen MR) is 151 cm³/mol. The molecule has 1 fully saturated rings. The zero-order chi connectivity index (χ0) is 28.3. The van der Waals surface area contributed by atoms with Gasteiger partial charge in [0.25, 0.3) is 0 Å². The molecule has 0 spiro atoms. The summed E-state index contributed by atoms with van der Waals surface area (Å²) in [4.78, 5) is 42.4. The topological polar surface area (TPSA) is 87.7 Å². The van der Waals surface area contributed by atoms with Gasteiger partial charge >= 0.3 is 6.09 Å². The van der Waals surface area contributed by atoms with Crippen molar-refractivity contribution in [2.45, 2.75) is 117 Å². The Hall–Kier alpha value is -3.01. The van der Waals surface area contributed by atoms with Crippen molar-refractivity contribution < 1.29 is 19.1 Å². The van der Waals surface area contributed by atoms with E-state index in [0.717, 1.165) is 44.9 Å². The summed E-state index contributed by atoms with van der Waals surface area (Å²) in [7, 11) is 0. The van der Waals surface area contributed by atoms with E-state index in [9.17, 15) is 14.4 Å². The van der Waals surface area contributed by atoms with E-state index in [0.29, 0.717) is 17.7 Å². The van der Waals surface area contributed by atoms with Gasteiger partial charge in [0.2, 0.25) is 11.8 Å². The zero-order valence-electron chi connectivity index (χ0n) is 24.1. The minimum Gasteiger partial charge on any atom is -0.444 e. The number of terminal acetylenes is 1. The molecule has 0 heterocycles. The Bertz CT molecular complexity index is 953. The number of amides is 3. The molecule has 1 aliphatic rings. The van der Waals surface area contributed by atoms with Crippen molar-refractivity contribution >= 4 is 17.9 Å². The highest BCUT2D eigenvalue weighted by atomic mass is 16.6. The summed E-state index contributed by atoms with van der Waals surface area (Å²) in [5.41, 5.74) is 0.703. The van der Waals surface area contributed by atoms with Gasteiger partial charge in [-0.25, -0.2) is 4.79 Å². The SMILES string of the molecule is C#Cc1ccc(C(C(=O)NC2CCCCC2)N(CCCCC)C(=O)C(NC(=O)OC(C)(C)C)C(C)C)cc1. The fourth-order valence-electron chi connectivity index (χ4n) is 4.79. The molecule has 0 saturated heterocycles. The zero-order valence-corrected chi connectivity index (χ0v) is 24.1. The van der Waals surface area contributed by atoms with Crippen LogP contribution in [0.5, 0.6) is 0 Å². The van der Waals surface area contributed by atoms with Gasteiger partial charge in [-0.1, -0.05) is 70.9 Å². The lowest BCUT2D eigenvalue weighted by molar-refractivity contribution is -0.143. The summed E-state index contributed by atoms with van der Waals surface area (Å²) in [6.45, 7) is 11.6. The van der Waals surface area contributed by atoms with Crippen LogP contribution in [0.25, 0.3) is 0 Å². The number of carbonyl (C=O) groups excluding carboxylic acids is 3. The number of benzene rings is 1. The number of nitrogens with zero attached hydrogens (tertiary/aromatic N) is 1. The summed E-state index contributed by atoms with van der Waals surface area (Å²) >= 11 is 0. The van der Waals surface area contributed by atoms with Crippen LogP contribution in [0.1, 0.15) is 110 Å². The molecule has 2 unspecified atom stereocenters. The highest BCUT2D eigenvalue weighted by Gasteiger charge is 2.38. The van der Waals surface area contributed by atoms with Crippen LogP contribution < -0.4 is 10.6 Å². The van der Waals surface area contributed by atoms with Gasteiger partial charge < -0.3 is 20.3 Å². The molecule has 2 rings (SSSR count). The molecule has 1 aromatic carbocycles. The van der Waals surface area contributed by atoms with E-state index in [1.807, 2.05) is 26.0 Å². The Morgan fingerprint density at radius 1 is 1.08 bits per heavy atom. The predicted octanol–water partition coefficient (Wildman–Crippen LogP) is 5.73. The van der Waals surface area contributed by atoms with Gasteiger partial charge in [-0.3, -0.25) is 9.59 Å². The molecular weight excluding hydrogens is 478 g/mol. The Balaban J connectivity index is 2.46. The third-order valence-corrected chi connectivity index (χ3v) is 6.80. The molecule has 0 aliphatic heterocycles. The molecule has 7 heteroatoms. The molecule has 7 nitrogen and oxygen atoms in total. The van der Waals surface area contributed by atoms with Crippen LogP contribution in [0.4, 0.5) is 4.79 Å². The van der Waals surface area contributed by atoms with Crippen LogP contribution in [0.2, 0.25) is 0 Å². The lowest BCUT2D eigenvalue weighted by Crippen LogP contribution is -2.55. The van der Waals surface area contributed by atoms with Gasteiger partial charge in [0.05, 0.1) is 0 Å². The van der Waals surface area contributed by atoms with E-state index in [1.165, 1.54) is 6.42 Å². The molecule has 38 heavy (non-hydrogen) atoms. The molecule has 1 saturated carbocycles. The minimum absolute atomic E-state index is 0.0945. The smallest absolute Gasteiger partial charge is 0.408 e. The normalized spacial score (nSPS) is 15.7. The summed E-state index contributed by atoms with van der Waals surface area (Å²) < 4.78 is 5.45. The number of rotatable bonds is 11. The van der Waals surface area contributed by atoms with Gasteiger partial charge in [-0.05, 0) is 63.6 Å². The molecule has 0 bridgehead atoms. The first-order valence-electron chi connectivity index (χ1n) is 14.1. The number of hydrogen-bond acceptors (Lipinski definition) is 4. The van der Waals surface area contributed by atoms with Gasteiger partial charge in [0.15, 0.2) is 0 Å². The van der Waals surface area contributed by atoms with Crippen molar-refractivity contribution in [3.8, 4) is 12.3 Å². The van der Waals surface area contributed by atoms with E-state index < -0.39 is 23.8 Å². The van der Waals surface area contributed by atoms with Crippen LogP contribution in [0, 0.1) is 18.3 Å². The molecule has 1 aromatic rings. The maximum Gasteiger partial charge on any atom is 0.408 e.